The second kappa shape index (κ2) is 6.62. The van der Waals surface area contributed by atoms with Gasteiger partial charge >= 0.3 is 0 Å². The van der Waals surface area contributed by atoms with Crippen molar-refractivity contribution in [3.63, 3.8) is 0 Å². The smallest absolute Gasteiger partial charge is 0.255 e. The zero-order valence-corrected chi connectivity index (χ0v) is 12.8. The number of aromatic amines is 1. The van der Waals surface area contributed by atoms with Crippen molar-refractivity contribution >= 4 is 17.5 Å². The minimum atomic E-state index is -0.411. The van der Waals surface area contributed by atoms with Gasteiger partial charge in [-0.05, 0) is 17.7 Å². The van der Waals surface area contributed by atoms with Crippen molar-refractivity contribution < 1.29 is 9.18 Å². The van der Waals surface area contributed by atoms with Gasteiger partial charge in [0.25, 0.3) is 5.91 Å². The SMILES string of the molecule is O=C(NCc1ccc(F)cc1Cl)c1cn[nH]c1-c1ccccc1. The number of nitrogens with one attached hydrogen (secondary N) is 2. The molecule has 1 amide bonds. The number of rotatable bonds is 4. The van der Waals surface area contributed by atoms with Gasteiger partial charge in [-0.3, -0.25) is 9.89 Å². The summed E-state index contributed by atoms with van der Waals surface area (Å²) in [5, 5.41) is 9.82. The molecule has 0 unspecified atom stereocenters. The van der Waals surface area contributed by atoms with Crippen LogP contribution < -0.4 is 5.32 Å². The van der Waals surface area contributed by atoms with Crippen molar-refractivity contribution in [1.82, 2.24) is 15.5 Å². The average Bonchev–Trinajstić information content (AvgIpc) is 3.04. The summed E-state index contributed by atoms with van der Waals surface area (Å²) >= 11 is 5.96. The van der Waals surface area contributed by atoms with E-state index in [1.807, 2.05) is 30.3 Å². The molecule has 0 bridgehead atoms. The van der Waals surface area contributed by atoms with Crippen molar-refractivity contribution in [2.45, 2.75) is 6.54 Å². The average molecular weight is 330 g/mol. The predicted molar refractivity (Wildman–Crippen MR) is 86.6 cm³/mol. The zero-order valence-electron chi connectivity index (χ0n) is 12.0. The van der Waals surface area contributed by atoms with Crippen molar-refractivity contribution in [1.29, 1.82) is 0 Å². The molecule has 0 saturated heterocycles. The molecule has 6 heteroatoms. The number of halogens is 2. The molecule has 1 aromatic heterocycles. The molecular formula is C17H13ClFN3O. The van der Waals surface area contributed by atoms with Gasteiger partial charge in [-0.25, -0.2) is 4.39 Å². The highest BCUT2D eigenvalue weighted by Gasteiger charge is 2.15. The summed E-state index contributed by atoms with van der Waals surface area (Å²) in [5.74, 6) is -0.690. The summed E-state index contributed by atoms with van der Waals surface area (Å²) in [4.78, 5) is 12.4. The Balaban J connectivity index is 1.76. The molecule has 0 radical (unpaired) electrons. The van der Waals surface area contributed by atoms with Crippen LogP contribution in [0.4, 0.5) is 4.39 Å². The maximum absolute atomic E-state index is 13.0. The summed E-state index contributed by atoms with van der Waals surface area (Å²) in [6.45, 7) is 0.206. The van der Waals surface area contributed by atoms with Crippen LogP contribution in [-0.4, -0.2) is 16.1 Å². The Morgan fingerprint density at radius 1 is 1.22 bits per heavy atom. The van der Waals surface area contributed by atoms with Crippen molar-refractivity contribution in [2.24, 2.45) is 0 Å². The van der Waals surface area contributed by atoms with Crippen LogP contribution in [-0.2, 0) is 6.54 Å². The van der Waals surface area contributed by atoms with E-state index in [1.165, 1.54) is 18.3 Å². The van der Waals surface area contributed by atoms with Crippen molar-refractivity contribution in [3.05, 3.63) is 76.7 Å². The van der Waals surface area contributed by atoms with E-state index in [1.54, 1.807) is 6.07 Å². The van der Waals surface area contributed by atoms with Crippen LogP contribution in [0.5, 0.6) is 0 Å². The predicted octanol–water partition coefficient (Wildman–Crippen LogP) is 3.80. The first-order valence-corrected chi connectivity index (χ1v) is 7.34. The number of carbonyl (C=O) groups is 1. The normalized spacial score (nSPS) is 10.5. The first kappa shape index (κ1) is 15.2. The molecule has 23 heavy (non-hydrogen) atoms. The Kier molecular flexibility index (Phi) is 4.39. The minimum Gasteiger partial charge on any atom is -0.348 e. The number of carbonyl (C=O) groups excluding carboxylic acids is 1. The van der Waals surface area contributed by atoms with Crippen LogP contribution in [0.25, 0.3) is 11.3 Å². The van der Waals surface area contributed by atoms with Crippen molar-refractivity contribution in [2.75, 3.05) is 0 Å². The second-order valence-electron chi connectivity index (χ2n) is 4.94. The zero-order chi connectivity index (χ0) is 16.2. The molecule has 1 heterocycles. The Morgan fingerprint density at radius 2 is 2.00 bits per heavy atom. The second-order valence-corrected chi connectivity index (χ2v) is 5.35. The maximum Gasteiger partial charge on any atom is 0.255 e. The topological polar surface area (TPSA) is 57.8 Å². The van der Waals surface area contributed by atoms with E-state index in [4.69, 9.17) is 11.6 Å². The van der Waals surface area contributed by atoms with Gasteiger partial charge in [-0.1, -0.05) is 48.0 Å². The van der Waals surface area contributed by atoms with Gasteiger partial charge in [-0.2, -0.15) is 5.10 Å². The van der Waals surface area contributed by atoms with Crippen molar-refractivity contribution in [3.8, 4) is 11.3 Å². The summed E-state index contributed by atoms with van der Waals surface area (Å²) in [6, 6.07) is 13.5. The number of aromatic nitrogens is 2. The number of hydrogen-bond acceptors (Lipinski definition) is 2. The lowest BCUT2D eigenvalue weighted by Crippen LogP contribution is -2.23. The lowest BCUT2D eigenvalue weighted by Gasteiger charge is -2.07. The van der Waals surface area contributed by atoms with Crippen LogP contribution in [0.3, 0.4) is 0 Å². The Bertz CT molecular complexity index is 833. The summed E-state index contributed by atoms with van der Waals surface area (Å²) in [6.07, 6.45) is 1.48. The van der Waals surface area contributed by atoms with Gasteiger partial charge in [0.15, 0.2) is 0 Å². The summed E-state index contributed by atoms with van der Waals surface area (Å²) in [5.41, 5.74) is 2.60. The van der Waals surface area contributed by atoms with Gasteiger partial charge in [0.05, 0.1) is 17.5 Å². The highest BCUT2D eigenvalue weighted by Crippen LogP contribution is 2.21. The third-order valence-electron chi connectivity index (χ3n) is 3.40. The van der Waals surface area contributed by atoms with E-state index >= 15 is 0 Å². The highest BCUT2D eigenvalue weighted by atomic mass is 35.5. The van der Waals surface area contributed by atoms with Crippen LogP contribution in [0, 0.1) is 5.82 Å². The molecule has 2 N–H and O–H groups in total. The van der Waals surface area contributed by atoms with Crippen LogP contribution in [0.1, 0.15) is 15.9 Å². The number of nitrogens with zero attached hydrogens (tertiary/aromatic N) is 1. The molecular weight excluding hydrogens is 317 g/mol. The first-order valence-electron chi connectivity index (χ1n) is 6.96. The van der Waals surface area contributed by atoms with E-state index in [2.05, 4.69) is 15.5 Å². The molecule has 0 aliphatic heterocycles. The largest absolute Gasteiger partial charge is 0.348 e. The van der Waals surface area contributed by atoms with Gasteiger partial charge < -0.3 is 5.32 Å². The quantitative estimate of drug-likeness (QED) is 0.765. The molecule has 0 fully saturated rings. The van der Waals surface area contributed by atoms with E-state index in [9.17, 15) is 9.18 Å². The lowest BCUT2D eigenvalue weighted by atomic mass is 10.1. The van der Waals surface area contributed by atoms with E-state index in [-0.39, 0.29) is 17.5 Å². The number of amides is 1. The van der Waals surface area contributed by atoms with Gasteiger partial charge in [0.2, 0.25) is 0 Å². The van der Waals surface area contributed by atoms with E-state index in [0.29, 0.717) is 16.8 Å². The molecule has 116 valence electrons. The first-order chi connectivity index (χ1) is 11.1. The van der Waals surface area contributed by atoms with Crippen LogP contribution in [0.2, 0.25) is 5.02 Å². The fourth-order valence-corrected chi connectivity index (χ4v) is 2.45. The molecule has 4 nitrogen and oxygen atoms in total. The van der Waals surface area contributed by atoms with Crippen LogP contribution >= 0.6 is 11.6 Å². The standard InChI is InChI=1S/C17H13ClFN3O/c18-15-8-13(19)7-6-12(15)9-20-17(23)14-10-21-22-16(14)11-4-2-1-3-5-11/h1-8,10H,9H2,(H,20,23)(H,21,22). The molecule has 0 saturated carbocycles. The van der Waals surface area contributed by atoms with Gasteiger partial charge in [0, 0.05) is 17.1 Å². The van der Waals surface area contributed by atoms with Gasteiger partial charge in [-0.15, -0.1) is 0 Å². The molecule has 0 spiro atoms. The van der Waals surface area contributed by atoms with Crippen LogP contribution in [0.15, 0.2) is 54.7 Å². The Morgan fingerprint density at radius 3 is 2.74 bits per heavy atom. The maximum atomic E-state index is 13.0. The number of H-pyrrole nitrogens is 1. The summed E-state index contributed by atoms with van der Waals surface area (Å²) < 4.78 is 13.0. The van der Waals surface area contributed by atoms with E-state index in [0.717, 1.165) is 5.56 Å². The fourth-order valence-electron chi connectivity index (χ4n) is 2.22. The third kappa shape index (κ3) is 3.40. The number of benzene rings is 2. The molecule has 2 aromatic carbocycles. The lowest BCUT2D eigenvalue weighted by molar-refractivity contribution is 0.0951. The number of hydrogen-bond donors (Lipinski definition) is 2. The molecule has 0 aliphatic rings. The molecule has 0 atom stereocenters. The highest BCUT2D eigenvalue weighted by molar-refractivity contribution is 6.31. The van der Waals surface area contributed by atoms with E-state index < -0.39 is 5.82 Å². The third-order valence-corrected chi connectivity index (χ3v) is 3.75. The molecule has 0 aliphatic carbocycles. The molecule has 3 aromatic rings. The Hall–Kier alpha value is -2.66. The minimum absolute atomic E-state index is 0.206. The van der Waals surface area contributed by atoms with Gasteiger partial charge in [0.1, 0.15) is 5.82 Å². The Labute approximate surface area is 137 Å². The monoisotopic (exact) mass is 329 g/mol. The fraction of sp³-hybridized carbons (Fsp3) is 0.0588. The summed E-state index contributed by atoms with van der Waals surface area (Å²) in [7, 11) is 0. The molecule has 3 rings (SSSR count).